The SMILES string of the molecule is CC(C)C(=O)[C@@H](C1CCCCC1)N1CCCCC1=O. The summed E-state index contributed by atoms with van der Waals surface area (Å²) in [6.07, 6.45) is 8.63. The quantitative estimate of drug-likeness (QED) is 0.783. The zero-order valence-corrected chi connectivity index (χ0v) is 12.4. The third-order valence-corrected chi connectivity index (χ3v) is 4.65. The van der Waals surface area contributed by atoms with Crippen LogP contribution in [0.1, 0.15) is 65.2 Å². The van der Waals surface area contributed by atoms with Gasteiger partial charge in [0.05, 0.1) is 6.04 Å². The number of amides is 1. The predicted octanol–water partition coefficient (Wildman–Crippen LogP) is 3.17. The van der Waals surface area contributed by atoms with E-state index in [1.165, 1.54) is 19.3 Å². The van der Waals surface area contributed by atoms with Crippen LogP contribution in [0.3, 0.4) is 0 Å². The number of rotatable bonds is 4. The van der Waals surface area contributed by atoms with E-state index in [1.54, 1.807) is 0 Å². The number of Topliss-reactive ketones (excluding diaryl/α,β-unsaturated/α-hetero) is 1. The Morgan fingerprint density at radius 1 is 1.11 bits per heavy atom. The molecular weight excluding hydrogens is 238 g/mol. The van der Waals surface area contributed by atoms with Crippen LogP contribution in [0, 0.1) is 11.8 Å². The minimum absolute atomic E-state index is 0.0293. The summed E-state index contributed by atoms with van der Waals surface area (Å²) in [5.74, 6) is 0.922. The second kappa shape index (κ2) is 6.53. The molecule has 0 spiro atoms. The van der Waals surface area contributed by atoms with Crippen molar-refractivity contribution in [3.05, 3.63) is 0 Å². The number of carbonyl (C=O) groups excluding carboxylic acids is 2. The van der Waals surface area contributed by atoms with E-state index in [4.69, 9.17) is 0 Å². The van der Waals surface area contributed by atoms with Crippen molar-refractivity contribution in [3.63, 3.8) is 0 Å². The molecule has 1 atom stereocenters. The average Bonchev–Trinajstić information content (AvgIpc) is 2.42. The smallest absolute Gasteiger partial charge is 0.223 e. The van der Waals surface area contributed by atoms with Crippen molar-refractivity contribution < 1.29 is 9.59 Å². The lowest BCUT2D eigenvalue weighted by Gasteiger charge is -2.40. The van der Waals surface area contributed by atoms with Crippen LogP contribution < -0.4 is 0 Å². The molecule has 3 nitrogen and oxygen atoms in total. The first-order valence-electron chi connectivity index (χ1n) is 7.94. The van der Waals surface area contributed by atoms with Gasteiger partial charge in [0.25, 0.3) is 0 Å². The Bertz CT molecular complexity index is 332. The molecule has 0 aromatic rings. The monoisotopic (exact) mass is 265 g/mol. The van der Waals surface area contributed by atoms with Crippen molar-refractivity contribution >= 4 is 11.7 Å². The van der Waals surface area contributed by atoms with Gasteiger partial charge in [-0.25, -0.2) is 0 Å². The first kappa shape index (κ1) is 14.5. The predicted molar refractivity (Wildman–Crippen MR) is 75.8 cm³/mol. The van der Waals surface area contributed by atoms with Gasteiger partial charge in [-0.3, -0.25) is 9.59 Å². The minimum atomic E-state index is -0.131. The van der Waals surface area contributed by atoms with Crippen molar-refractivity contribution in [1.82, 2.24) is 4.90 Å². The third kappa shape index (κ3) is 3.37. The lowest BCUT2D eigenvalue weighted by molar-refractivity contribution is -0.145. The Morgan fingerprint density at radius 2 is 1.79 bits per heavy atom. The highest BCUT2D eigenvalue weighted by molar-refractivity contribution is 5.90. The minimum Gasteiger partial charge on any atom is -0.332 e. The molecule has 1 saturated heterocycles. The number of hydrogen-bond acceptors (Lipinski definition) is 2. The maximum absolute atomic E-state index is 12.6. The lowest BCUT2D eigenvalue weighted by atomic mass is 9.79. The Balaban J connectivity index is 2.16. The van der Waals surface area contributed by atoms with Crippen molar-refractivity contribution in [2.45, 2.75) is 71.3 Å². The number of carbonyl (C=O) groups is 2. The summed E-state index contributed by atoms with van der Waals surface area (Å²) in [6, 6.07) is -0.131. The fraction of sp³-hybridized carbons (Fsp3) is 0.875. The third-order valence-electron chi connectivity index (χ3n) is 4.65. The first-order chi connectivity index (χ1) is 9.11. The molecule has 2 aliphatic rings. The van der Waals surface area contributed by atoms with Crippen LogP contribution in [0.25, 0.3) is 0 Å². The van der Waals surface area contributed by atoms with E-state index in [2.05, 4.69) is 0 Å². The number of nitrogens with zero attached hydrogens (tertiary/aromatic N) is 1. The molecule has 0 N–H and O–H groups in total. The molecule has 0 unspecified atom stereocenters. The molecule has 0 aromatic heterocycles. The number of hydrogen-bond donors (Lipinski definition) is 0. The summed E-state index contributed by atoms with van der Waals surface area (Å²) in [5.41, 5.74) is 0. The maximum Gasteiger partial charge on any atom is 0.223 e. The van der Waals surface area contributed by atoms with E-state index < -0.39 is 0 Å². The van der Waals surface area contributed by atoms with E-state index in [-0.39, 0.29) is 23.7 Å². The van der Waals surface area contributed by atoms with E-state index in [0.29, 0.717) is 12.3 Å². The molecule has 1 aliphatic carbocycles. The second-order valence-electron chi connectivity index (χ2n) is 6.44. The Kier molecular flexibility index (Phi) is 5.00. The molecule has 2 rings (SSSR count). The van der Waals surface area contributed by atoms with Crippen LogP contribution in [-0.2, 0) is 9.59 Å². The van der Waals surface area contributed by atoms with E-state index in [1.807, 2.05) is 18.7 Å². The molecule has 1 saturated carbocycles. The van der Waals surface area contributed by atoms with Gasteiger partial charge in [-0.05, 0) is 31.6 Å². The normalized spacial score (nSPS) is 23.7. The van der Waals surface area contributed by atoms with Gasteiger partial charge >= 0.3 is 0 Å². The van der Waals surface area contributed by atoms with Gasteiger partial charge in [-0.2, -0.15) is 0 Å². The molecule has 0 bridgehead atoms. The highest BCUT2D eigenvalue weighted by atomic mass is 16.2. The number of piperidine rings is 1. The van der Waals surface area contributed by atoms with E-state index in [0.717, 1.165) is 32.2 Å². The topological polar surface area (TPSA) is 37.4 Å². The van der Waals surface area contributed by atoms with E-state index in [9.17, 15) is 9.59 Å². The van der Waals surface area contributed by atoms with Crippen LogP contribution in [0.5, 0.6) is 0 Å². The van der Waals surface area contributed by atoms with Crippen LogP contribution in [-0.4, -0.2) is 29.2 Å². The fourth-order valence-electron chi connectivity index (χ4n) is 3.55. The zero-order valence-electron chi connectivity index (χ0n) is 12.4. The molecule has 1 heterocycles. The van der Waals surface area contributed by atoms with Crippen molar-refractivity contribution in [1.29, 1.82) is 0 Å². The van der Waals surface area contributed by atoms with Gasteiger partial charge in [0.2, 0.25) is 5.91 Å². The summed E-state index contributed by atoms with van der Waals surface area (Å²) in [4.78, 5) is 26.7. The van der Waals surface area contributed by atoms with Crippen LogP contribution in [0.15, 0.2) is 0 Å². The second-order valence-corrected chi connectivity index (χ2v) is 6.44. The van der Waals surface area contributed by atoms with Gasteiger partial charge in [0.1, 0.15) is 0 Å². The Labute approximate surface area is 116 Å². The van der Waals surface area contributed by atoms with E-state index >= 15 is 0 Å². The van der Waals surface area contributed by atoms with Gasteiger partial charge in [0, 0.05) is 18.9 Å². The highest BCUT2D eigenvalue weighted by Gasteiger charge is 2.38. The Morgan fingerprint density at radius 3 is 2.37 bits per heavy atom. The van der Waals surface area contributed by atoms with Gasteiger partial charge in [-0.15, -0.1) is 0 Å². The number of likely N-dealkylation sites (tertiary alicyclic amines) is 1. The molecule has 1 amide bonds. The van der Waals surface area contributed by atoms with Crippen molar-refractivity contribution in [2.24, 2.45) is 11.8 Å². The standard InChI is InChI=1S/C16H27NO2/c1-12(2)16(19)15(13-8-4-3-5-9-13)17-11-7-6-10-14(17)18/h12-13,15H,3-11H2,1-2H3/t15-/m1/s1. The molecule has 1 aliphatic heterocycles. The summed E-state index contributed by atoms with van der Waals surface area (Å²) in [6.45, 7) is 4.72. The molecular formula is C16H27NO2. The summed E-state index contributed by atoms with van der Waals surface area (Å²) >= 11 is 0. The average molecular weight is 265 g/mol. The molecule has 0 radical (unpaired) electrons. The van der Waals surface area contributed by atoms with Crippen LogP contribution in [0.2, 0.25) is 0 Å². The number of ketones is 1. The maximum atomic E-state index is 12.6. The van der Waals surface area contributed by atoms with Gasteiger partial charge in [-0.1, -0.05) is 33.1 Å². The van der Waals surface area contributed by atoms with Gasteiger partial charge < -0.3 is 4.90 Å². The van der Waals surface area contributed by atoms with Crippen LogP contribution in [0.4, 0.5) is 0 Å². The summed E-state index contributed by atoms with van der Waals surface area (Å²) < 4.78 is 0. The van der Waals surface area contributed by atoms with Gasteiger partial charge in [0.15, 0.2) is 5.78 Å². The molecule has 3 heteroatoms. The molecule has 2 fully saturated rings. The van der Waals surface area contributed by atoms with Crippen molar-refractivity contribution in [3.8, 4) is 0 Å². The lowest BCUT2D eigenvalue weighted by Crippen LogP contribution is -2.52. The van der Waals surface area contributed by atoms with Crippen LogP contribution >= 0.6 is 0 Å². The zero-order chi connectivity index (χ0) is 13.8. The fourth-order valence-corrected chi connectivity index (χ4v) is 3.55. The molecule has 19 heavy (non-hydrogen) atoms. The first-order valence-corrected chi connectivity index (χ1v) is 7.94. The molecule has 0 aromatic carbocycles. The Hall–Kier alpha value is -0.860. The van der Waals surface area contributed by atoms with Crippen molar-refractivity contribution in [2.75, 3.05) is 6.54 Å². The summed E-state index contributed by atoms with van der Waals surface area (Å²) in [5, 5.41) is 0. The molecule has 108 valence electrons. The highest BCUT2D eigenvalue weighted by Crippen LogP contribution is 2.32. The summed E-state index contributed by atoms with van der Waals surface area (Å²) in [7, 11) is 0. The largest absolute Gasteiger partial charge is 0.332 e.